The van der Waals surface area contributed by atoms with Gasteiger partial charge in [0.25, 0.3) is 0 Å². The van der Waals surface area contributed by atoms with Gasteiger partial charge in [0, 0.05) is 0 Å². The van der Waals surface area contributed by atoms with Crippen molar-refractivity contribution in [2.45, 2.75) is 44.6 Å². The van der Waals surface area contributed by atoms with Crippen LogP contribution in [0.2, 0.25) is 0 Å². The zero-order valence-corrected chi connectivity index (χ0v) is 12.1. The molecule has 1 saturated carbocycles. The van der Waals surface area contributed by atoms with Crippen molar-refractivity contribution in [2.24, 2.45) is 5.92 Å². The molecule has 1 saturated heterocycles. The Hall–Kier alpha value is -1.22. The van der Waals surface area contributed by atoms with E-state index in [1.54, 1.807) is 0 Å². The Morgan fingerprint density at radius 1 is 0.950 bits per heavy atom. The smallest absolute Gasteiger partial charge is 0.119 e. The fourth-order valence-corrected chi connectivity index (χ4v) is 2.80. The molecule has 0 amide bonds. The number of epoxide rings is 1. The van der Waals surface area contributed by atoms with E-state index in [4.69, 9.17) is 14.2 Å². The molecule has 0 aromatic heterocycles. The van der Waals surface area contributed by atoms with Crippen LogP contribution >= 0.6 is 0 Å². The average Bonchev–Trinajstić information content (AvgIpc) is 3.32. The predicted molar refractivity (Wildman–Crippen MR) is 78.4 cm³/mol. The van der Waals surface area contributed by atoms with Crippen molar-refractivity contribution in [2.75, 3.05) is 19.8 Å². The van der Waals surface area contributed by atoms with E-state index in [-0.39, 0.29) is 0 Å². The van der Waals surface area contributed by atoms with Gasteiger partial charge >= 0.3 is 0 Å². The Balaban J connectivity index is 1.36. The summed E-state index contributed by atoms with van der Waals surface area (Å²) in [5.74, 6) is 2.71. The monoisotopic (exact) mass is 276 g/mol. The molecule has 1 atom stereocenters. The SMILES string of the molecule is c1cc(OCC2CO2)ccc1OCCC1CCCCC1. The molecule has 1 aromatic carbocycles. The van der Waals surface area contributed by atoms with Crippen molar-refractivity contribution in [1.29, 1.82) is 0 Å². The standard InChI is InChI=1S/C17H24O3/c1-2-4-14(5-3-1)10-11-18-15-6-8-16(9-7-15)19-12-17-13-20-17/h6-9,14,17H,1-5,10-13H2. The molecule has 0 spiro atoms. The fraction of sp³-hybridized carbons (Fsp3) is 0.647. The Morgan fingerprint density at radius 2 is 1.60 bits per heavy atom. The van der Waals surface area contributed by atoms with Gasteiger partial charge in [-0.1, -0.05) is 32.1 Å². The summed E-state index contributed by atoms with van der Waals surface area (Å²) in [5, 5.41) is 0. The summed E-state index contributed by atoms with van der Waals surface area (Å²) in [5.41, 5.74) is 0. The molecule has 1 aliphatic carbocycles. The van der Waals surface area contributed by atoms with Gasteiger partial charge in [0.15, 0.2) is 0 Å². The van der Waals surface area contributed by atoms with Crippen LogP contribution in [-0.2, 0) is 4.74 Å². The third-order valence-corrected chi connectivity index (χ3v) is 4.18. The van der Waals surface area contributed by atoms with Gasteiger partial charge in [-0.05, 0) is 36.6 Å². The predicted octanol–water partition coefficient (Wildman–Crippen LogP) is 3.81. The lowest BCUT2D eigenvalue weighted by atomic mass is 9.87. The largest absolute Gasteiger partial charge is 0.494 e. The van der Waals surface area contributed by atoms with Gasteiger partial charge in [0.05, 0.1) is 13.2 Å². The highest BCUT2D eigenvalue weighted by molar-refractivity contribution is 5.31. The highest BCUT2D eigenvalue weighted by atomic mass is 16.6. The quantitative estimate of drug-likeness (QED) is 0.709. The second-order valence-corrected chi connectivity index (χ2v) is 5.88. The summed E-state index contributed by atoms with van der Waals surface area (Å²) >= 11 is 0. The molecule has 20 heavy (non-hydrogen) atoms. The number of hydrogen-bond acceptors (Lipinski definition) is 3. The highest BCUT2D eigenvalue weighted by Crippen LogP contribution is 2.26. The Labute approximate surface area is 121 Å². The molecule has 3 heteroatoms. The summed E-state index contributed by atoms with van der Waals surface area (Å²) in [6.45, 7) is 2.32. The third kappa shape index (κ3) is 4.41. The van der Waals surface area contributed by atoms with Gasteiger partial charge in [-0.3, -0.25) is 0 Å². The van der Waals surface area contributed by atoms with Gasteiger partial charge in [-0.15, -0.1) is 0 Å². The maximum atomic E-state index is 5.82. The van der Waals surface area contributed by atoms with Crippen molar-refractivity contribution < 1.29 is 14.2 Å². The van der Waals surface area contributed by atoms with E-state index < -0.39 is 0 Å². The van der Waals surface area contributed by atoms with Gasteiger partial charge in [0.1, 0.15) is 24.2 Å². The molecular weight excluding hydrogens is 252 g/mol. The number of benzene rings is 1. The van der Waals surface area contributed by atoms with Crippen LogP contribution in [0.1, 0.15) is 38.5 Å². The minimum Gasteiger partial charge on any atom is -0.494 e. The number of rotatable bonds is 7. The molecule has 0 N–H and O–H groups in total. The molecule has 2 aliphatic rings. The molecular formula is C17H24O3. The molecule has 110 valence electrons. The first-order valence-electron chi connectivity index (χ1n) is 7.87. The van der Waals surface area contributed by atoms with Crippen LogP contribution in [-0.4, -0.2) is 25.9 Å². The first-order chi connectivity index (χ1) is 9.90. The molecule has 0 bridgehead atoms. The second-order valence-electron chi connectivity index (χ2n) is 5.88. The molecule has 1 aromatic rings. The lowest BCUT2D eigenvalue weighted by Gasteiger charge is -2.21. The normalized spacial score (nSPS) is 22.5. The molecule has 3 rings (SSSR count). The molecule has 0 radical (unpaired) electrons. The van der Waals surface area contributed by atoms with E-state index in [1.165, 1.54) is 38.5 Å². The minimum absolute atomic E-state index is 0.307. The van der Waals surface area contributed by atoms with E-state index in [0.29, 0.717) is 12.7 Å². The Morgan fingerprint density at radius 3 is 2.25 bits per heavy atom. The first-order valence-corrected chi connectivity index (χ1v) is 7.87. The van der Waals surface area contributed by atoms with Crippen molar-refractivity contribution in [1.82, 2.24) is 0 Å². The molecule has 3 nitrogen and oxygen atoms in total. The summed E-state index contributed by atoms with van der Waals surface area (Å²) in [4.78, 5) is 0. The maximum Gasteiger partial charge on any atom is 0.119 e. The van der Waals surface area contributed by atoms with Gasteiger partial charge in [-0.25, -0.2) is 0 Å². The van der Waals surface area contributed by atoms with Crippen LogP contribution in [0, 0.1) is 5.92 Å². The summed E-state index contributed by atoms with van der Waals surface area (Å²) in [7, 11) is 0. The lowest BCUT2D eigenvalue weighted by molar-refractivity contribution is 0.245. The summed E-state index contributed by atoms with van der Waals surface area (Å²) < 4.78 is 16.5. The number of ether oxygens (including phenoxy) is 3. The maximum absolute atomic E-state index is 5.82. The number of hydrogen-bond donors (Lipinski definition) is 0. The van der Waals surface area contributed by atoms with E-state index in [9.17, 15) is 0 Å². The summed E-state index contributed by atoms with van der Waals surface area (Å²) in [6.07, 6.45) is 8.50. The molecule has 1 aliphatic heterocycles. The van der Waals surface area contributed by atoms with Crippen LogP contribution in [0.4, 0.5) is 0 Å². The average molecular weight is 276 g/mol. The molecule has 1 unspecified atom stereocenters. The van der Waals surface area contributed by atoms with Crippen LogP contribution in [0.25, 0.3) is 0 Å². The first kappa shape index (κ1) is 13.7. The molecule has 1 heterocycles. The third-order valence-electron chi connectivity index (χ3n) is 4.18. The molecule has 2 fully saturated rings. The minimum atomic E-state index is 0.307. The van der Waals surface area contributed by atoms with Gasteiger partial charge in [-0.2, -0.15) is 0 Å². The van der Waals surface area contributed by atoms with E-state index in [2.05, 4.69) is 0 Å². The summed E-state index contributed by atoms with van der Waals surface area (Å²) in [6, 6.07) is 7.92. The van der Waals surface area contributed by atoms with Crippen molar-refractivity contribution in [3.63, 3.8) is 0 Å². The zero-order valence-electron chi connectivity index (χ0n) is 12.1. The Bertz CT molecular complexity index is 391. The Kier molecular flexibility index (Phi) is 4.80. The fourth-order valence-electron chi connectivity index (χ4n) is 2.80. The van der Waals surface area contributed by atoms with Crippen molar-refractivity contribution in [3.05, 3.63) is 24.3 Å². The van der Waals surface area contributed by atoms with E-state index in [1.807, 2.05) is 24.3 Å². The lowest BCUT2D eigenvalue weighted by Crippen LogP contribution is -2.10. The second kappa shape index (κ2) is 6.98. The van der Waals surface area contributed by atoms with Gasteiger partial charge < -0.3 is 14.2 Å². The van der Waals surface area contributed by atoms with Crippen LogP contribution in [0.5, 0.6) is 11.5 Å². The zero-order chi connectivity index (χ0) is 13.6. The topological polar surface area (TPSA) is 31.0 Å². The van der Waals surface area contributed by atoms with E-state index >= 15 is 0 Å². The van der Waals surface area contributed by atoms with Crippen molar-refractivity contribution in [3.8, 4) is 11.5 Å². The highest BCUT2D eigenvalue weighted by Gasteiger charge is 2.22. The van der Waals surface area contributed by atoms with E-state index in [0.717, 1.165) is 30.6 Å². The van der Waals surface area contributed by atoms with Crippen LogP contribution in [0.3, 0.4) is 0 Å². The van der Waals surface area contributed by atoms with Gasteiger partial charge in [0.2, 0.25) is 0 Å². The van der Waals surface area contributed by atoms with Crippen LogP contribution < -0.4 is 9.47 Å². The van der Waals surface area contributed by atoms with Crippen LogP contribution in [0.15, 0.2) is 24.3 Å². The van der Waals surface area contributed by atoms with Crippen molar-refractivity contribution >= 4 is 0 Å².